The normalized spacial score (nSPS) is 17.8. The Labute approximate surface area is 169 Å². The van der Waals surface area contributed by atoms with E-state index in [9.17, 15) is 4.39 Å². The third-order valence-corrected chi connectivity index (χ3v) is 4.59. The highest BCUT2D eigenvalue weighted by Crippen LogP contribution is 2.45. The van der Waals surface area contributed by atoms with Crippen LogP contribution < -0.4 is 8.40 Å². The minimum absolute atomic E-state index is 0.250. The summed E-state index contributed by atoms with van der Waals surface area (Å²) in [6, 6.07) is 14.5. The lowest BCUT2D eigenvalue weighted by molar-refractivity contribution is -1.63. The Balaban J connectivity index is 0.000000640. The molecule has 28 heavy (non-hydrogen) atoms. The first-order chi connectivity index (χ1) is 13.3. The Morgan fingerprint density at radius 3 is 2.46 bits per heavy atom. The zero-order chi connectivity index (χ0) is 20.7. The van der Waals surface area contributed by atoms with Crippen LogP contribution in [0, 0.1) is 32.0 Å². The van der Waals surface area contributed by atoms with Gasteiger partial charge in [-0.3, -0.25) is 0 Å². The molecule has 150 valence electrons. The third kappa shape index (κ3) is 5.58. The van der Waals surface area contributed by atoms with Crippen LogP contribution in [0.5, 0.6) is 0 Å². The summed E-state index contributed by atoms with van der Waals surface area (Å²) in [4.78, 5) is 2.15. The van der Waals surface area contributed by atoms with Gasteiger partial charge in [0.1, 0.15) is 11.4 Å². The molecule has 1 heterocycles. The average molecular weight is 453 g/mol. The molecule has 1 unspecified atom stereocenters. The molecule has 0 bridgehead atoms. The lowest BCUT2D eigenvalue weighted by Gasteiger charge is -2.31. The van der Waals surface area contributed by atoms with E-state index < -0.39 is 20.4 Å². The minimum atomic E-state index is -3.40. The smallest absolute Gasteiger partial charge is 0.372 e. The Kier molecular flexibility index (Phi) is 8.07. The predicted molar refractivity (Wildman–Crippen MR) is 93.1 cm³/mol. The highest BCUT2D eigenvalue weighted by Gasteiger charge is 2.41. The maximum Gasteiger partial charge on any atom is 0.433 e. The van der Waals surface area contributed by atoms with Crippen LogP contribution in [0.4, 0.5) is 4.39 Å². The molecule has 2 aromatic rings. The fourth-order valence-corrected chi connectivity index (χ4v) is 3.41. The van der Waals surface area contributed by atoms with E-state index in [4.69, 9.17) is 22.6 Å². The second kappa shape index (κ2) is 10.1. The molecular formula is C20H22BrFN2O4. The van der Waals surface area contributed by atoms with Gasteiger partial charge >= 0.3 is 14.8 Å². The van der Waals surface area contributed by atoms with Gasteiger partial charge in [-0.05, 0) is 78.6 Å². The van der Waals surface area contributed by atoms with Crippen molar-refractivity contribution in [2.24, 2.45) is 0 Å². The molecule has 0 amide bonds. The lowest BCUT2D eigenvalue weighted by Crippen LogP contribution is -2.30. The van der Waals surface area contributed by atoms with Crippen molar-refractivity contribution >= 4 is 0 Å². The average Bonchev–Trinajstić information content (AvgIpc) is 3.00. The maximum absolute atomic E-state index is 13.4. The van der Waals surface area contributed by atoms with E-state index in [1.54, 1.807) is 12.1 Å². The molecule has 6 nitrogen and oxygen atoms in total. The molecule has 1 N–H and O–H groups in total. The zero-order valence-corrected chi connectivity index (χ0v) is 17.3. The molecular weight excluding hydrogens is 431 g/mol. The van der Waals surface area contributed by atoms with Gasteiger partial charge in [0.05, 0.1) is 18.2 Å². The van der Waals surface area contributed by atoms with Gasteiger partial charge in [-0.1, -0.05) is 18.2 Å². The Morgan fingerprint density at radius 1 is 1.25 bits per heavy atom. The SMILES string of the molecule is CN(C)CCCC1(c2ccc(F)cc2)OCc2cc(C#N)ccc21.[O-][Br+2]([O-])O. The lowest BCUT2D eigenvalue weighted by atomic mass is 9.81. The summed E-state index contributed by atoms with van der Waals surface area (Å²) in [7, 11) is 4.10. The number of hydrogen-bond acceptors (Lipinski definition) is 6. The largest absolute Gasteiger partial charge is 0.433 e. The number of fused-ring (bicyclic) bond motifs is 1. The molecule has 0 aliphatic carbocycles. The molecule has 0 saturated heterocycles. The van der Waals surface area contributed by atoms with E-state index in [1.807, 2.05) is 32.3 Å². The molecule has 2 aromatic carbocycles. The second-order valence-corrected chi connectivity index (χ2v) is 7.56. The molecule has 1 aliphatic rings. The van der Waals surface area contributed by atoms with Gasteiger partial charge in [0.15, 0.2) is 0 Å². The monoisotopic (exact) mass is 452 g/mol. The van der Waals surface area contributed by atoms with Crippen molar-refractivity contribution in [2.75, 3.05) is 20.6 Å². The molecule has 1 aliphatic heterocycles. The van der Waals surface area contributed by atoms with Gasteiger partial charge in [0.25, 0.3) is 0 Å². The molecule has 0 radical (unpaired) electrons. The molecule has 0 saturated carbocycles. The summed E-state index contributed by atoms with van der Waals surface area (Å²) >= 11 is -3.40. The van der Waals surface area contributed by atoms with Crippen molar-refractivity contribution in [1.82, 2.24) is 4.90 Å². The number of hydrogen-bond donors (Lipinski definition) is 1. The molecule has 0 spiro atoms. The fourth-order valence-electron chi connectivity index (χ4n) is 3.41. The number of benzene rings is 2. The molecule has 0 aromatic heterocycles. The topological polar surface area (TPSA) is 103 Å². The van der Waals surface area contributed by atoms with E-state index in [1.165, 1.54) is 12.1 Å². The van der Waals surface area contributed by atoms with E-state index >= 15 is 0 Å². The van der Waals surface area contributed by atoms with Gasteiger partial charge in [0, 0.05) is 0 Å². The number of nitrogens with zero attached hydrogens (tertiary/aromatic N) is 2. The summed E-state index contributed by atoms with van der Waals surface area (Å²) in [5.41, 5.74) is 3.18. The number of ether oxygens (including phenoxy) is 1. The van der Waals surface area contributed by atoms with Crippen molar-refractivity contribution < 1.29 is 36.5 Å². The molecule has 1 atom stereocenters. The van der Waals surface area contributed by atoms with Crippen molar-refractivity contribution in [3.05, 3.63) is 70.5 Å². The van der Waals surface area contributed by atoms with Gasteiger partial charge < -0.3 is 18.0 Å². The number of nitriles is 1. The van der Waals surface area contributed by atoms with Crippen LogP contribution >= 0.6 is 0 Å². The molecule has 3 rings (SSSR count). The summed E-state index contributed by atoms with van der Waals surface area (Å²) in [5.74, 6) is -0.250. The fraction of sp³-hybridized carbons (Fsp3) is 0.350. The van der Waals surface area contributed by atoms with Crippen molar-refractivity contribution in [2.45, 2.75) is 25.0 Å². The van der Waals surface area contributed by atoms with Crippen LogP contribution in [0.2, 0.25) is 0 Å². The Hall–Kier alpha value is -1.86. The van der Waals surface area contributed by atoms with Crippen LogP contribution in [0.1, 0.15) is 35.1 Å². The third-order valence-electron chi connectivity index (χ3n) is 4.59. The van der Waals surface area contributed by atoms with E-state index in [0.29, 0.717) is 12.2 Å². The summed E-state index contributed by atoms with van der Waals surface area (Å²) < 4.78 is 43.9. The van der Waals surface area contributed by atoms with Gasteiger partial charge in [0.2, 0.25) is 0 Å². The quantitative estimate of drug-likeness (QED) is 0.721. The predicted octanol–water partition coefficient (Wildman–Crippen LogP) is 0.878. The highest BCUT2D eigenvalue weighted by molar-refractivity contribution is 5.47. The van der Waals surface area contributed by atoms with Crippen LogP contribution in [0.25, 0.3) is 0 Å². The number of rotatable bonds is 5. The number of halogens is 2. The Bertz CT molecular complexity index is 821. The van der Waals surface area contributed by atoms with Crippen LogP contribution in [-0.4, -0.2) is 29.7 Å². The van der Waals surface area contributed by atoms with Gasteiger partial charge in [-0.25, -0.2) is 4.39 Å². The van der Waals surface area contributed by atoms with E-state index in [2.05, 4.69) is 11.0 Å². The molecule has 8 heteroatoms. The zero-order valence-electron chi connectivity index (χ0n) is 15.7. The van der Waals surface area contributed by atoms with E-state index in [-0.39, 0.29) is 5.82 Å². The van der Waals surface area contributed by atoms with Gasteiger partial charge in [-0.15, -0.1) is 0 Å². The van der Waals surface area contributed by atoms with Gasteiger partial charge in [-0.2, -0.15) is 5.26 Å². The second-order valence-electron chi connectivity index (χ2n) is 6.71. The molecule has 0 fully saturated rings. The summed E-state index contributed by atoms with van der Waals surface area (Å²) in [6.45, 7) is 1.43. The first kappa shape index (κ1) is 22.4. The van der Waals surface area contributed by atoms with Crippen molar-refractivity contribution in [3.63, 3.8) is 0 Å². The van der Waals surface area contributed by atoms with Crippen LogP contribution in [0.15, 0.2) is 42.5 Å². The highest BCUT2D eigenvalue weighted by atomic mass is 80.0. The maximum atomic E-state index is 13.4. The first-order valence-corrected chi connectivity index (χ1v) is 10.6. The van der Waals surface area contributed by atoms with E-state index in [0.717, 1.165) is 36.1 Å². The van der Waals surface area contributed by atoms with Crippen LogP contribution in [-0.2, 0) is 16.9 Å². The van der Waals surface area contributed by atoms with Crippen molar-refractivity contribution in [3.8, 4) is 6.07 Å². The van der Waals surface area contributed by atoms with Crippen molar-refractivity contribution in [1.29, 1.82) is 5.26 Å². The standard InChI is InChI=1S/C20H21FN2O.BrHO3/c1-23(2)11-3-10-20(17-5-7-18(21)8-6-17)19-9-4-15(13-22)12-16(19)14-24-20;2-1(3)4/h4-9,12H,3,10-11,14H2,1-2H3;2H. The Morgan fingerprint density at radius 2 is 1.89 bits per heavy atom. The summed E-state index contributed by atoms with van der Waals surface area (Å²) in [6.07, 6.45) is 1.78. The first-order valence-electron chi connectivity index (χ1n) is 8.61. The summed E-state index contributed by atoms with van der Waals surface area (Å²) in [5, 5.41) is 9.11. The minimum Gasteiger partial charge on any atom is -0.372 e. The van der Waals surface area contributed by atoms with Crippen LogP contribution in [0.3, 0.4) is 0 Å².